The number of hydrogen-bond acceptors (Lipinski definition) is 3. The number of aromatic nitrogens is 2. The van der Waals surface area contributed by atoms with Gasteiger partial charge >= 0.3 is 0 Å². The predicted molar refractivity (Wildman–Crippen MR) is 93.6 cm³/mol. The molecule has 1 aliphatic rings. The molecule has 1 aliphatic carbocycles. The number of benzene rings is 1. The quantitative estimate of drug-likeness (QED) is 0.887. The molecule has 3 rings (SSSR count). The first kappa shape index (κ1) is 16.7. The molecular formula is C19H25N3O2. The van der Waals surface area contributed by atoms with E-state index >= 15 is 0 Å². The van der Waals surface area contributed by atoms with E-state index in [9.17, 15) is 9.90 Å². The van der Waals surface area contributed by atoms with E-state index in [1.807, 2.05) is 23.7 Å². The van der Waals surface area contributed by atoms with Gasteiger partial charge in [-0.1, -0.05) is 24.6 Å². The molecule has 0 fully saturated rings. The van der Waals surface area contributed by atoms with Crippen LogP contribution in [0.1, 0.15) is 47.1 Å². The maximum absolute atomic E-state index is 12.9. The normalized spacial score (nSPS) is 13.1. The standard InChI is InChI=1S/C19H25N3O2/c1-3-11-21(12-13-23)19(24)18-16-5-4-6-17(16)22(20-18)15-9-7-14(2)8-10-15/h7-10,23H,3-6,11-13H2,1-2H3. The van der Waals surface area contributed by atoms with Gasteiger partial charge in [0.25, 0.3) is 5.91 Å². The van der Waals surface area contributed by atoms with Crippen LogP contribution >= 0.6 is 0 Å². The number of amides is 1. The molecule has 1 heterocycles. The van der Waals surface area contributed by atoms with Crippen LogP contribution in [0.3, 0.4) is 0 Å². The number of hydrogen-bond donors (Lipinski definition) is 1. The lowest BCUT2D eigenvalue weighted by Crippen LogP contribution is -2.35. The number of rotatable bonds is 6. The Labute approximate surface area is 142 Å². The van der Waals surface area contributed by atoms with Gasteiger partial charge in [0.2, 0.25) is 0 Å². The van der Waals surface area contributed by atoms with Crippen LogP contribution in [0.25, 0.3) is 5.69 Å². The molecule has 0 saturated heterocycles. The summed E-state index contributed by atoms with van der Waals surface area (Å²) in [6.45, 7) is 5.08. The predicted octanol–water partition coefficient (Wildman–Crippen LogP) is 2.51. The molecule has 0 unspecified atom stereocenters. The van der Waals surface area contributed by atoms with Crippen molar-refractivity contribution in [1.82, 2.24) is 14.7 Å². The van der Waals surface area contributed by atoms with Gasteiger partial charge in [0, 0.05) is 24.3 Å². The molecule has 0 spiro atoms. The summed E-state index contributed by atoms with van der Waals surface area (Å²) in [5, 5.41) is 13.9. The lowest BCUT2D eigenvalue weighted by Gasteiger charge is -2.20. The fourth-order valence-corrected chi connectivity index (χ4v) is 3.36. The molecule has 1 aromatic carbocycles. The minimum absolute atomic E-state index is 0.0212. The molecule has 0 atom stereocenters. The highest BCUT2D eigenvalue weighted by Crippen LogP contribution is 2.28. The van der Waals surface area contributed by atoms with Crippen molar-refractivity contribution >= 4 is 5.91 Å². The van der Waals surface area contributed by atoms with Crippen LogP contribution in [-0.4, -0.2) is 45.4 Å². The van der Waals surface area contributed by atoms with E-state index in [2.05, 4.69) is 24.2 Å². The first-order valence-electron chi connectivity index (χ1n) is 8.73. The molecule has 1 N–H and O–H groups in total. The zero-order valence-corrected chi connectivity index (χ0v) is 14.5. The third kappa shape index (κ3) is 3.08. The van der Waals surface area contributed by atoms with E-state index in [1.54, 1.807) is 4.90 Å². The second-order valence-corrected chi connectivity index (χ2v) is 6.39. The van der Waals surface area contributed by atoms with Crippen molar-refractivity contribution in [2.45, 2.75) is 39.5 Å². The zero-order chi connectivity index (χ0) is 17.1. The number of nitrogens with zero attached hydrogens (tertiary/aromatic N) is 3. The van der Waals surface area contributed by atoms with Gasteiger partial charge in [-0.15, -0.1) is 0 Å². The summed E-state index contributed by atoms with van der Waals surface area (Å²) in [4.78, 5) is 14.6. The molecule has 0 bridgehead atoms. The Kier molecular flexibility index (Phi) is 5.00. The lowest BCUT2D eigenvalue weighted by atomic mass is 10.1. The van der Waals surface area contributed by atoms with Crippen LogP contribution in [0.15, 0.2) is 24.3 Å². The second kappa shape index (κ2) is 7.18. The van der Waals surface area contributed by atoms with Gasteiger partial charge in [0.1, 0.15) is 0 Å². The van der Waals surface area contributed by atoms with Crippen molar-refractivity contribution < 1.29 is 9.90 Å². The van der Waals surface area contributed by atoms with Gasteiger partial charge in [-0.25, -0.2) is 4.68 Å². The van der Waals surface area contributed by atoms with E-state index in [1.165, 1.54) is 5.56 Å². The minimum Gasteiger partial charge on any atom is -0.395 e. The number of aliphatic hydroxyl groups is 1. The largest absolute Gasteiger partial charge is 0.395 e. The number of aryl methyl sites for hydroxylation is 1. The van der Waals surface area contributed by atoms with Crippen LogP contribution in [0.2, 0.25) is 0 Å². The SMILES string of the molecule is CCCN(CCO)C(=O)c1nn(-c2ccc(C)cc2)c2c1CCC2. The summed E-state index contributed by atoms with van der Waals surface area (Å²) in [5.74, 6) is -0.0603. The number of carbonyl (C=O) groups is 1. The molecule has 1 aromatic heterocycles. The number of carbonyl (C=O) groups excluding carboxylic acids is 1. The van der Waals surface area contributed by atoms with Crippen LogP contribution < -0.4 is 0 Å². The maximum atomic E-state index is 12.9. The van der Waals surface area contributed by atoms with Crippen molar-refractivity contribution in [3.05, 3.63) is 46.8 Å². The Hall–Kier alpha value is -2.14. The number of aliphatic hydroxyl groups excluding tert-OH is 1. The van der Waals surface area contributed by atoms with Crippen molar-refractivity contribution in [1.29, 1.82) is 0 Å². The first-order valence-corrected chi connectivity index (χ1v) is 8.73. The fourth-order valence-electron chi connectivity index (χ4n) is 3.36. The summed E-state index contributed by atoms with van der Waals surface area (Å²) >= 11 is 0. The zero-order valence-electron chi connectivity index (χ0n) is 14.5. The monoisotopic (exact) mass is 327 g/mol. The Balaban J connectivity index is 1.99. The second-order valence-electron chi connectivity index (χ2n) is 6.39. The third-order valence-corrected chi connectivity index (χ3v) is 4.56. The Morgan fingerprint density at radius 3 is 2.67 bits per heavy atom. The van der Waals surface area contributed by atoms with E-state index in [0.29, 0.717) is 18.8 Å². The highest BCUT2D eigenvalue weighted by Gasteiger charge is 2.29. The molecule has 2 aromatic rings. The van der Waals surface area contributed by atoms with Gasteiger partial charge in [-0.05, 0) is 44.7 Å². The Morgan fingerprint density at radius 1 is 1.25 bits per heavy atom. The maximum Gasteiger partial charge on any atom is 0.274 e. The molecule has 0 saturated carbocycles. The van der Waals surface area contributed by atoms with Crippen LogP contribution in [0.5, 0.6) is 0 Å². The summed E-state index contributed by atoms with van der Waals surface area (Å²) in [6, 6.07) is 8.23. The van der Waals surface area contributed by atoms with Crippen molar-refractivity contribution in [2.75, 3.05) is 19.7 Å². The Morgan fingerprint density at radius 2 is 2.00 bits per heavy atom. The summed E-state index contributed by atoms with van der Waals surface area (Å²) in [5.41, 5.74) is 5.00. The fraction of sp³-hybridized carbons (Fsp3) is 0.474. The van der Waals surface area contributed by atoms with E-state index in [4.69, 9.17) is 0 Å². The smallest absolute Gasteiger partial charge is 0.274 e. The molecule has 0 radical (unpaired) electrons. The third-order valence-electron chi connectivity index (χ3n) is 4.56. The van der Waals surface area contributed by atoms with E-state index < -0.39 is 0 Å². The molecule has 24 heavy (non-hydrogen) atoms. The van der Waals surface area contributed by atoms with Gasteiger partial charge in [0.05, 0.1) is 12.3 Å². The van der Waals surface area contributed by atoms with Gasteiger partial charge in [0.15, 0.2) is 5.69 Å². The average Bonchev–Trinajstić information content (AvgIpc) is 3.17. The van der Waals surface area contributed by atoms with Crippen molar-refractivity contribution in [3.63, 3.8) is 0 Å². The molecule has 5 heteroatoms. The highest BCUT2D eigenvalue weighted by molar-refractivity contribution is 5.94. The Bertz CT molecular complexity index is 713. The first-order chi connectivity index (χ1) is 11.7. The van der Waals surface area contributed by atoms with E-state index in [-0.39, 0.29) is 12.5 Å². The van der Waals surface area contributed by atoms with Gasteiger partial charge < -0.3 is 10.0 Å². The molecule has 0 aliphatic heterocycles. The van der Waals surface area contributed by atoms with Crippen LogP contribution in [0, 0.1) is 6.92 Å². The van der Waals surface area contributed by atoms with Gasteiger partial charge in [-0.3, -0.25) is 4.79 Å². The molecular weight excluding hydrogens is 302 g/mol. The molecule has 1 amide bonds. The minimum atomic E-state index is -0.0603. The highest BCUT2D eigenvalue weighted by atomic mass is 16.3. The summed E-state index contributed by atoms with van der Waals surface area (Å²) in [6.07, 6.45) is 3.79. The van der Waals surface area contributed by atoms with Gasteiger partial charge in [-0.2, -0.15) is 5.10 Å². The van der Waals surface area contributed by atoms with Crippen molar-refractivity contribution in [3.8, 4) is 5.69 Å². The lowest BCUT2D eigenvalue weighted by molar-refractivity contribution is 0.0714. The molecule has 128 valence electrons. The van der Waals surface area contributed by atoms with Crippen molar-refractivity contribution in [2.24, 2.45) is 0 Å². The average molecular weight is 327 g/mol. The number of fused-ring (bicyclic) bond motifs is 1. The van der Waals surface area contributed by atoms with E-state index in [0.717, 1.165) is 42.6 Å². The summed E-state index contributed by atoms with van der Waals surface area (Å²) in [7, 11) is 0. The van der Waals surface area contributed by atoms with Crippen LogP contribution in [0.4, 0.5) is 0 Å². The summed E-state index contributed by atoms with van der Waals surface area (Å²) < 4.78 is 1.93. The topological polar surface area (TPSA) is 58.4 Å². The molecule has 5 nitrogen and oxygen atoms in total. The van der Waals surface area contributed by atoms with Crippen LogP contribution in [-0.2, 0) is 12.8 Å².